The lowest BCUT2D eigenvalue weighted by atomic mass is 9.94. The minimum atomic E-state index is -1.19. The second-order valence-electron chi connectivity index (χ2n) is 3.58. The summed E-state index contributed by atoms with van der Waals surface area (Å²) in [5.74, 6) is 0. The maximum absolute atomic E-state index is 9.55. The summed E-state index contributed by atoms with van der Waals surface area (Å²) in [6.07, 6.45) is -3.31. The lowest BCUT2D eigenvalue weighted by molar-refractivity contribution is -0.144. The number of aliphatic hydroxyl groups excluding tert-OH is 4. The van der Waals surface area contributed by atoms with Gasteiger partial charge in [0.2, 0.25) is 0 Å². The van der Waals surface area contributed by atoms with Crippen LogP contribution in [0.4, 0.5) is 0 Å². The third kappa shape index (κ3) is 2.22. The highest BCUT2D eigenvalue weighted by Gasteiger charge is 2.40. The molecular formula is C8H18N2O4. The molecule has 0 saturated carbocycles. The summed E-state index contributed by atoms with van der Waals surface area (Å²) in [5, 5.41) is 37.3. The highest BCUT2D eigenvalue weighted by Crippen LogP contribution is 2.18. The zero-order valence-electron chi connectivity index (χ0n) is 7.95. The van der Waals surface area contributed by atoms with Gasteiger partial charge >= 0.3 is 0 Å². The largest absolute Gasteiger partial charge is 0.395 e. The zero-order chi connectivity index (χ0) is 10.7. The SMILES string of the molecule is NCCN1C[C@H](O)[C@@H](O)[C@H](O)[C@@H]1CO. The quantitative estimate of drug-likeness (QED) is 0.331. The Labute approximate surface area is 82.6 Å². The number of β-amino-alcohol motifs (C(OH)–C–C–N with tert-alkyl or cyclic N) is 1. The van der Waals surface area contributed by atoms with E-state index in [1.165, 1.54) is 0 Å². The van der Waals surface area contributed by atoms with E-state index in [0.29, 0.717) is 13.1 Å². The van der Waals surface area contributed by atoms with Gasteiger partial charge in [0.05, 0.1) is 18.8 Å². The number of nitrogens with zero attached hydrogens (tertiary/aromatic N) is 1. The highest BCUT2D eigenvalue weighted by molar-refractivity contribution is 4.94. The molecule has 84 valence electrons. The third-order valence-electron chi connectivity index (χ3n) is 2.63. The number of nitrogens with two attached hydrogens (primary N) is 1. The highest BCUT2D eigenvalue weighted by atomic mass is 16.4. The van der Waals surface area contributed by atoms with Gasteiger partial charge in [0.1, 0.15) is 12.2 Å². The molecule has 0 aliphatic carbocycles. The lowest BCUT2D eigenvalue weighted by Crippen LogP contribution is -2.63. The summed E-state index contributed by atoms with van der Waals surface area (Å²) >= 11 is 0. The molecule has 0 bridgehead atoms. The number of piperidine rings is 1. The van der Waals surface area contributed by atoms with Crippen molar-refractivity contribution in [2.24, 2.45) is 5.73 Å². The number of hydrogen-bond acceptors (Lipinski definition) is 6. The van der Waals surface area contributed by atoms with Gasteiger partial charge in [-0.15, -0.1) is 0 Å². The Hall–Kier alpha value is -0.240. The molecule has 4 atom stereocenters. The van der Waals surface area contributed by atoms with Crippen molar-refractivity contribution in [2.45, 2.75) is 24.4 Å². The predicted molar refractivity (Wildman–Crippen MR) is 49.5 cm³/mol. The van der Waals surface area contributed by atoms with E-state index >= 15 is 0 Å². The monoisotopic (exact) mass is 206 g/mol. The van der Waals surface area contributed by atoms with E-state index in [1.54, 1.807) is 4.90 Å². The predicted octanol–water partition coefficient (Wildman–Crippen LogP) is -3.30. The molecule has 0 aromatic carbocycles. The van der Waals surface area contributed by atoms with Crippen LogP contribution in [0, 0.1) is 0 Å². The molecule has 6 heteroatoms. The van der Waals surface area contributed by atoms with Gasteiger partial charge in [0.15, 0.2) is 0 Å². The summed E-state index contributed by atoms with van der Waals surface area (Å²) in [5.41, 5.74) is 5.35. The van der Waals surface area contributed by atoms with Crippen LogP contribution in [0.3, 0.4) is 0 Å². The Balaban J connectivity index is 2.66. The minimum absolute atomic E-state index is 0.223. The van der Waals surface area contributed by atoms with Crippen LogP contribution >= 0.6 is 0 Å². The molecule has 6 nitrogen and oxygen atoms in total. The molecule has 1 aliphatic heterocycles. The van der Waals surface area contributed by atoms with Crippen LogP contribution in [0.1, 0.15) is 0 Å². The fourth-order valence-corrected chi connectivity index (χ4v) is 1.80. The second kappa shape index (κ2) is 5.01. The summed E-state index contributed by atoms with van der Waals surface area (Å²) in [6.45, 7) is 0.823. The molecule has 0 radical (unpaired) electrons. The first-order chi connectivity index (χ1) is 6.61. The van der Waals surface area contributed by atoms with Gasteiger partial charge in [0.25, 0.3) is 0 Å². The minimum Gasteiger partial charge on any atom is -0.395 e. The molecule has 6 N–H and O–H groups in total. The van der Waals surface area contributed by atoms with E-state index < -0.39 is 24.4 Å². The van der Waals surface area contributed by atoms with E-state index in [-0.39, 0.29) is 13.2 Å². The van der Waals surface area contributed by atoms with Crippen LogP contribution in [-0.2, 0) is 0 Å². The van der Waals surface area contributed by atoms with Crippen molar-refractivity contribution in [3.63, 3.8) is 0 Å². The molecule has 1 heterocycles. The molecule has 0 aromatic heterocycles. The molecule has 1 aliphatic rings. The van der Waals surface area contributed by atoms with Crippen molar-refractivity contribution in [3.8, 4) is 0 Å². The first-order valence-corrected chi connectivity index (χ1v) is 4.71. The number of aliphatic hydroxyl groups is 4. The molecule has 0 spiro atoms. The Kier molecular flexibility index (Phi) is 4.24. The van der Waals surface area contributed by atoms with E-state index in [4.69, 9.17) is 10.8 Å². The molecule has 14 heavy (non-hydrogen) atoms. The molecule has 1 fully saturated rings. The van der Waals surface area contributed by atoms with Gasteiger partial charge < -0.3 is 26.2 Å². The van der Waals surface area contributed by atoms with Crippen LogP contribution in [0.2, 0.25) is 0 Å². The van der Waals surface area contributed by atoms with Crippen LogP contribution in [0.15, 0.2) is 0 Å². The van der Waals surface area contributed by atoms with Crippen molar-refractivity contribution in [2.75, 3.05) is 26.2 Å². The molecule has 0 aromatic rings. The molecular weight excluding hydrogens is 188 g/mol. The van der Waals surface area contributed by atoms with Crippen molar-refractivity contribution in [1.82, 2.24) is 4.90 Å². The third-order valence-corrected chi connectivity index (χ3v) is 2.63. The van der Waals surface area contributed by atoms with Crippen molar-refractivity contribution in [3.05, 3.63) is 0 Å². The van der Waals surface area contributed by atoms with E-state index in [9.17, 15) is 15.3 Å². The maximum Gasteiger partial charge on any atom is 0.109 e. The molecule has 0 amide bonds. The summed E-state index contributed by atoms with van der Waals surface area (Å²) in [4.78, 5) is 1.68. The second-order valence-corrected chi connectivity index (χ2v) is 3.58. The van der Waals surface area contributed by atoms with Crippen LogP contribution < -0.4 is 5.73 Å². The first-order valence-electron chi connectivity index (χ1n) is 4.71. The van der Waals surface area contributed by atoms with E-state index in [1.807, 2.05) is 0 Å². The average Bonchev–Trinajstić information content (AvgIpc) is 2.16. The van der Waals surface area contributed by atoms with Gasteiger partial charge in [-0.2, -0.15) is 0 Å². The summed E-state index contributed by atoms with van der Waals surface area (Å²) in [7, 11) is 0. The van der Waals surface area contributed by atoms with Gasteiger partial charge in [-0.05, 0) is 0 Å². The standard InChI is InChI=1S/C8H18N2O4/c9-1-2-10-3-6(12)8(14)7(13)5(10)4-11/h5-8,11-14H,1-4,9H2/t5-,6-,7+,8+/m0/s1. The van der Waals surface area contributed by atoms with Gasteiger partial charge in [0, 0.05) is 19.6 Å². The Morgan fingerprint density at radius 2 is 1.86 bits per heavy atom. The van der Waals surface area contributed by atoms with Crippen molar-refractivity contribution >= 4 is 0 Å². The zero-order valence-corrected chi connectivity index (χ0v) is 7.95. The normalized spacial score (nSPS) is 40.1. The van der Waals surface area contributed by atoms with Crippen LogP contribution in [0.5, 0.6) is 0 Å². The smallest absolute Gasteiger partial charge is 0.109 e. The Morgan fingerprint density at radius 1 is 1.21 bits per heavy atom. The fourth-order valence-electron chi connectivity index (χ4n) is 1.80. The topological polar surface area (TPSA) is 110 Å². The van der Waals surface area contributed by atoms with E-state index in [0.717, 1.165) is 0 Å². The molecule has 0 unspecified atom stereocenters. The van der Waals surface area contributed by atoms with Gasteiger partial charge in [-0.3, -0.25) is 4.90 Å². The first kappa shape index (κ1) is 11.8. The molecule has 1 rings (SSSR count). The fraction of sp³-hybridized carbons (Fsp3) is 1.00. The van der Waals surface area contributed by atoms with Crippen LogP contribution in [-0.4, -0.2) is 75.9 Å². The Bertz CT molecular complexity index is 181. The van der Waals surface area contributed by atoms with Crippen molar-refractivity contribution < 1.29 is 20.4 Å². The maximum atomic E-state index is 9.55. The lowest BCUT2D eigenvalue weighted by Gasteiger charge is -2.42. The van der Waals surface area contributed by atoms with Gasteiger partial charge in [-0.25, -0.2) is 0 Å². The summed E-state index contributed by atoms with van der Waals surface area (Å²) < 4.78 is 0. The van der Waals surface area contributed by atoms with Crippen LogP contribution in [0.25, 0.3) is 0 Å². The summed E-state index contributed by atoms with van der Waals surface area (Å²) in [6, 6.07) is -0.544. The number of rotatable bonds is 3. The number of likely N-dealkylation sites (tertiary alicyclic amines) is 1. The number of hydrogen-bond donors (Lipinski definition) is 5. The Morgan fingerprint density at radius 3 is 2.36 bits per heavy atom. The molecule has 1 saturated heterocycles. The van der Waals surface area contributed by atoms with Crippen molar-refractivity contribution in [1.29, 1.82) is 0 Å². The van der Waals surface area contributed by atoms with Gasteiger partial charge in [-0.1, -0.05) is 0 Å². The average molecular weight is 206 g/mol. The van der Waals surface area contributed by atoms with E-state index in [2.05, 4.69) is 0 Å².